The van der Waals surface area contributed by atoms with Crippen LogP contribution >= 0.6 is 0 Å². The molecule has 0 aliphatic carbocycles. The molecular formula is C15H15FO3. The highest BCUT2D eigenvalue weighted by Gasteiger charge is 2.10. The van der Waals surface area contributed by atoms with Crippen LogP contribution in [0.5, 0.6) is 11.5 Å². The highest BCUT2D eigenvalue weighted by atomic mass is 19.1. The maximum absolute atomic E-state index is 13.7. The van der Waals surface area contributed by atoms with Gasteiger partial charge in [0.05, 0.1) is 6.61 Å². The number of rotatable bonds is 5. The van der Waals surface area contributed by atoms with Crippen molar-refractivity contribution in [3.63, 3.8) is 0 Å². The molecule has 0 aliphatic rings. The molecule has 0 aromatic heterocycles. The Hall–Kier alpha value is -1.91. The average molecular weight is 262 g/mol. The normalized spacial score (nSPS) is 10.5. The van der Waals surface area contributed by atoms with Crippen molar-refractivity contribution >= 4 is 0 Å². The molecule has 0 saturated heterocycles. The predicted octanol–water partition coefficient (Wildman–Crippen LogP) is 2.65. The van der Waals surface area contributed by atoms with Crippen LogP contribution < -0.4 is 4.74 Å². The van der Waals surface area contributed by atoms with Gasteiger partial charge in [0.15, 0.2) is 11.6 Å². The van der Waals surface area contributed by atoms with Crippen molar-refractivity contribution in [1.29, 1.82) is 0 Å². The van der Waals surface area contributed by atoms with E-state index < -0.39 is 5.82 Å². The number of aliphatic hydroxyl groups excluding tert-OH is 2. The fraction of sp³-hybridized carbons (Fsp3) is 0.200. The number of para-hydroxylation sites is 1. The van der Waals surface area contributed by atoms with Gasteiger partial charge in [-0.25, -0.2) is 4.39 Å². The van der Waals surface area contributed by atoms with E-state index in [1.165, 1.54) is 12.1 Å². The Morgan fingerprint density at radius 2 is 1.74 bits per heavy atom. The summed E-state index contributed by atoms with van der Waals surface area (Å²) in [5, 5.41) is 18.0. The van der Waals surface area contributed by atoms with Gasteiger partial charge in [0.1, 0.15) is 5.75 Å². The molecule has 0 unspecified atom stereocenters. The zero-order chi connectivity index (χ0) is 13.7. The summed E-state index contributed by atoms with van der Waals surface area (Å²) in [6.07, 6.45) is 0.571. The molecule has 2 aromatic carbocycles. The number of hydrogen-bond donors (Lipinski definition) is 2. The number of aliphatic hydroxyl groups is 2. The molecule has 0 radical (unpaired) electrons. The van der Waals surface area contributed by atoms with Gasteiger partial charge in [-0.1, -0.05) is 24.3 Å². The molecular weight excluding hydrogens is 247 g/mol. The first-order valence-corrected chi connectivity index (χ1v) is 6.00. The maximum Gasteiger partial charge on any atom is 0.168 e. The summed E-state index contributed by atoms with van der Waals surface area (Å²) in [7, 11) is 0. The lowest BCUT2D eigenvalue weighted by atomic mass is 10.1. The van der Waals surface area contributed by atoms with Crippen LogP contribution in [0.15, 0.2) is 42.5 Å². The fourth-order valence-corrected chi connectivity index (χ4v) is 1.76. The van der Waals surface area contributed by atoms with Gasteiger partial charge in [-0.3, -0.25) is 0 Å². The first-order valence-electron chi connectivity index (χ1n) is 6.00. The van der Waals surface area contributed by atoms with E-state index in [9.17, 15) is 4.39 Å². The van der Waals surface area contributed by atoms with Gasteiger partial charge < -0.3 is 14.9 Å². The van der Waals surface area contributed by atoms with E-state index in [4.69, 9.17) is 14.9 Å². The van der Waals surface area contributed by atoms with Crippen LogP contribution in [0.25, 0.3) is 0 Å². The lowest BCUT2D eigenvalue weighted by molar-refractivity contribution is 0.274. The minimum Gasteiger partial charge on any atom is -0.454 e. The van der Waals surface area contributed by atoms with Crippen LogP contribution in [0.3, 0.4) is 0 Å². The van der Waals surface area contributed by atoms with E-state index in [0.29, 0.717) is 17.7 Å². The van der Waals surface area contributed by atoms with Crippen LogP contribution in [-0.4, -0.2) is 16.8 Å². The molecule has 19 heavy (non-hydrogen) atoms. The summed E-state index contributed by atoms with van der Waals surface area (Å²) < 4.78 is 19.1. The van der Waals surface area contributed by atoms with E-state index in [0.717, 1.165) is 5.56 Å². The van der Waals surface area contributed by atoms with Gasteiger partial charge in [0.2, 0.25) is 0 Å². The van der Waals surface area contributed by atoms with Gasteiger partial charge in [0.25, 0.3) is 0 Å². The van der Waals surface area contributed by atoms with Crippen molar-refractivity contribution in [2.24, 2.45) is 0 Å². The Bertz CT molecular complexity index is 538. The van der Waals surface area contributed by atoms with E-state index in [-0.39, 0.29) is 19.0 Å². The molecule has 2 N–H and O–H groups in total. The third-order valence-corrected chi connectivity index (χ3v) is 2.76. The highest BCUT2D eigenvalue weighted by Crippen LogP contribution is 2.28. The van der Waals surface area contributed by atoms with Crippen molar-refractivity contribution in [2.45, 2.75) is 13.0 Å². The lowest BCUT2D eigenvalue weighted by Gasteiger charge is -2.11. The van der Waals surface area contributed by atoms with Crippen molar-refractivity contribution in [3.8, 4) is 11.5 Å². The minimum atomic E-state index is -0.508. The minimum absolute atomic E-state index is 0.0416. The molecule has 3 nitrogen and oxygen atoms in total. The largest absolute Gasteiger partial charge is 0.454 e. The Morgan fingerprint density at radius 1 is 1.00 bits per heavy atom. The number of hydrogen-bond acceptors (Lipinski definition) is 3. The SMILES string of the molecule is OCCc1ccc(Oc2c(F)cccc2CO)cc1. The first-order chi connectivity index (χ1) is 9.24. The second kappa shape index (κ2) is 6.31. The van der Waals surface area contributed by atoms with Crippen LogP contribution in [0.1, 0.15) is 11.1 Å². The molecule has 0 bridgehead atoms. The summed E-state index contributed by atoms with van der Waals surface area (Å²) in [6, 6.07) is 11.5. The first kappa shape index (κ1) is 13.5. The van der Waals surface area contributed by atoms with E-state index in [1.807, 2.05) is 12.1 Å². The van der Waals surface area contributed by atoms with E-state index >= 15 is 0 Å². The van der Waals surface area contributed by atoms with Gasteiger partial charge >= 0.3 is 0 Å². The molecule has 2 rings (SSSR count). The topological polar surface area (TPSA) is 49.7 Å². The van der Waals surface area contributed by atoms with Crippen LogP contribution in [0.2, 0.25) is 0 Å². The summed E-state index contributed by atoms with van der Waals surface area (Å²) >= 11 is 0. The third-order valence-electron chi connectivity index (χ3n) is 2.76. The zero-order valence-corrected chi connectivity index (χ0v) is 10.3. The molecule has 0 atom stereocenters. The number of benzene rings is 2. The van der Waals surface area contributed by atoms with Gasteiger partial charge in [-0.2, -0.15) is 0 Å². The van der Waals surface area contributed by atoms with Gasteiger partial charge in [-0.05, 0) is 30.2 Å². The molecule has 4 heteroatoms. The van der Waals surface area contributed by atoms with E-state index in [1.54, 1.807) is 18.2 Å². The second-order valence-electron chi connectivity index (χ2n) is 4.11. The molecule has 0 saturated carbocycles. The zero-order valence-electron chi connectivity index (χ0n) is 10.3. The Labute approximate surface area is 110 Å². The summed E-state index contributed by atoms with van der Waals surface area (Å²) in [4.78, 5) is 0. The summed E-state index contributed by atoms with van der Waals surface area (Å²) in [6.45, 7) is -0.197. The standard InChI is InChI=1S/C15H15FO3/c16-14-3-1-2-12(10-18)15(14)19-13-6-4-11(5-7-13)8-9-17/h1-7,17-18H,8-10H2. The molecule has 0 amide bonds. The molecule has 0 heterocycles. The summed E-state index contributed by atoms with van der Waals surface area (Å²) in [5.41, 5.74) is 1.38. The van der Waals surface area contributed by atoms with Crippen LogP contribution in [0.4, 0.5) is 4.39 Å². The molecule has 0 fully saturated rings. The van der Waals surface area contributed by atoms with Crippen LogP contribution in [0, 0.1) is 5.82 Å². The monoisotopic (exact) mass is 262 g/mol. The Morgan fingerprint density at radius 3 is 2.37 bits per heavy atom. The van der Waals surface area contributed by atoms with Crippen molar-refractivity contribution in [1.82, 2.24) is 0 Å². The predicted molar refractivity (Wildman–Crippen MR) is 69.6 cm³/mol. The third kappa shape index (κ3) is 3.30. The maximum atomic E-state index is 13.7. The van der Waals surface area contributed by atoms with Crippen molar-refractivity contribution in [3.05, 3.63) is 59.4 Å². The molecule has 100 valence electrons. The fourth-order valence-electron chi connectivity index (χ4n) is 1.76. The number of halogens is 1. The van der Waals surface area contributed by atoms with Crippen molar-refractivity contribution < 1.29 is 19.3 Å². The Kier molecular flexibility index (Phi) is 4.49. The smallest absolute Gasteiger partial charge is 0.168 e. The number of ether oxygens (including phenoxy) is 1. The summed E-state index contributed by atoms with van der Waals surface area (Å²) in [5.74, 6) is 0.0207. The molecule has 2 aromatic rings. The van der Waals surface area contributed by atoms with Crippen molar-refractivity contribution in [2.75, 3.05) is 6.61 Å². The van der Waals surface area contributed by atoms with Crippen LogP contribution in [-0.2, 0) is 13.0 Å². The average Bonchev–Trinajstić information content (AvgIpc) is 2.43. The molecule has 0 aliphatic heterocycles. The molecule has 0 spiro atoms. The van der Waals surface area contributed by atoms with E-state index in [2.05, 4.69) is 0 Å². The van der Waals surface area contributed by atoms with Gasteiger partial charge in [0, 0.05) is 12.2 Å². The lowest BCUT2D eigenvalue weighted by Crippen LogP contribution is -1.95. The Balaban J connectivity index is 2.21. The second-order valence-corrected chi connectivity index (χ2v) is 4.11. The van der Waals surface area contributed by atoms with Gasteiger partial charge in [-0.15, -0.1) is 0 Å². The highest BCUT2D eigenvalue weighted by molar-refractivity contribution is 5.39. The quantitative estimate of drug-likeness (QED) is 0.871.